The zero-order valence-corrected chi connectivity index (χ0v) is 10.9. The SMILES string of the molecule is CCCOCCNC(=O)c1cccc(Br)c1. The summed E-state index contributed by atoms with van der Waals surface area (Å²) in [6, 6.07) is 7.31. The minimum atomic E-state index is -0.0681. The van der Waals surface area contributed by atoms with Crippen LogP contribution < -0.4 is 5.32 Å². The maximum atomic E-state index is 11.6. The van der Waals surface area contributed by atoms with E-state index in [2.05, 4.69) is 28.2 Å². The lowest BCUT2D eigenvalue weighted by Gasteiger charge is -2.05. The molecule has 1 rings (SSSR count). The van der Waals surface area contributed by atoms with Gasteiger partial charge in [0.15, 0.2) is 0 Å². The van der Waals surface area contributed by atoms with Crippen molar-refractivity contribution in [3.8, 4) is 0 Å². The molecule has 1 amide bonds. The number of nitrogens with one attached hydrogen (secondary N) is 1. The van der Waals surface area contributed by atoms with Gasteiger partial charge in [-0.3, -0.25) is 4.79 Å². The summed E-state index contributed by atoms with van der Waals surface area (Å²) < 4.78 is 6.17. The van der Waals surface area contributed by atoms with Gasteiger partial charge in [0.05, 0.1) is 6.61 Å². The summed E-state index contributed by atoms with van der Waals surface area (Å²) in [5.41, 5.74) is 0.657. The first kappa shape index (κ1) is 13.2. The normalized spacial score (nSPS) is 10.1. The van der Waals surface area contributed by atoms with Crippen LogP contribution in [0.1, 0.15) is 23.7 Å². The van der Waals surface area contributed by atoms with Gasteiger partial charge in [0, 0.05) is 23.2 Å². The third-order valence-electron chi connectivity index (χ3n) is 1.97. The molecule has 1 aromatic carbocycles. The Balaban J connectivity index is 2.30. The number of rotatable bonds is 6. The molecule has 0 saturated carbocycles. The van der Waals surface area contributed by atoms with Crippen LogP contribution in [0.5, 0.6) is 0 Å². The monoisotopic (exact) mass is 285 g/mol. The molecule has 16 heavy (non-hydrogen) atoms. The lowest BCUT2D eigenvalue weighted by atomic mass is 10.2. The van der Waals surface area contributed by atoms with Crippen molar-refractivity contribution in [2.45, 2.75) is 13.3 Å². The van der Waals surface area contributed by atoms with Gasteiger partial charge in [0.1, 0.15) is 0 Å². The van der Waals surface area contributed by atoms with E-state index >= 15 is 0 Å². The fourth-order valence-corrected chi connectivity index (χ4v) is 1.61. The predicted octanol–water partition coefficient (Wildman–Crippen LogP) is 2.61. The standard InChI is InChI=1S/C12H16BrNO2/c1-2-7-16-8-6-14-12(15)10-4-3-5-11(13)9-10/h3-5,9H,2,6-8H2,1H3,(H,14,15). The van der Waals surface area contributed by atoms with Crippen molar-refractivity contribution < 1.29 is 9.53 Å². The van der Waals surface area contributed by atoms with E-state index in [-0.39, 0.29) is 5.91 Å². The van der Waals surface area contributed by atoms with E-state index in [9.17, 15) is 4.79 Å². The highest BCUT2D eigenvalue weighted by atomic mass is 79.9. The number of ether oxygens (including phenoxy) is 1. The first-order valence-corrected chi connectivity index (χ1v) is 6.15. The van der Waals surface area contributed by atoms with Crippen LogP contribution in [0.15, 0.2) is 28.7 Å². The molecule has 0 unspecified atom stereocenters. The van der Waals surface area contributed by atoms with Crippen molar-refractivity contribution in [3.63, 3.8) is 0 Å². The second-order valence-electron chi connectivity index (χ2n) is 3.38. The second kappa shape index (κ2) is 7.41. The number of hydrogen-bond acceptors (Lipinski definition) is 2. The number of hydrogen-bond donors (Lipinski definition) is 1. The fourth-order valence-electron chi connectivity index (χ4n) is 1.21. The van der Waals surface area contributed by atoms with Crippen LogP contribution in [-0.2, 0) is 4.74 Å². The van der Waals surface area contributed by atoms with Crippen molar-refractivity contribution in [2.24, 2.45) is 0 Å². The third kappa shape index (κ3) is 4.77. The van der Waals surface area contributed by atoms with Crippen molar-refractivity contribution in [1.82, 2.24) is 5.32 Å². The number of carbonyl (C=O) groups excluding carboxylic acids is 1. The molecule has 0 spiro atoms. The number of carbonyl (C=O) groups is 1. The Morgan fingerprint density at radius 1 is 1.44 bits per heavy atom. The van der Waals surface area contributed by atoms with Crippen LogP contribution in [0.25, 0.3) is 0 Å². The Kier molecular flexibility index (Phi) is 6.11. The van der Waals surface area contributed by atoms with E-state index < -0.39 is 0 Å². The molecule has 0 saturated heterocycles. The van der Waals surface area contributed by atoms with Crippen LogP contribution in [0.2, 0.25) is 0 Å². The molecular formula is C12H16BrNO2. The summed E-state index contributed by atoms with van der Waals surface area (Å²) in [7, 11) is 0. The van der Waals surface area contributed by atoms with Crippen molar-refractivity contribution in [1.29, 1.82) is 0 Å². The van der Waals surface area contributed by atoms with E-state index in [1.54, 1.807) is 12.1 Å². The molecule has 0 aliphatic carbocycles. The van der Waals surface area contributed by atoms with Gasteiger partial charge in [0.25, 0.3) is 5.91 Å². The summed E-state index contributed by atoms with van der Waals surface area (Å²) >= 11 is 3.33. The molecule has 1 N–H and O–H groups in total. The smallest absolute Gasteiger partial charge is 0.251 e. The highest BCUT2D eigenvalue weighted by Crippen LogP contribution is 2.11. The zero-order valence-electron chi connectivity index (χ0n) is 9.33. The molecule has 0 aliphatic rings. The highest BCUT2D eigenvalue weighted by molar-refractivity contribution is 9.10. The molecule has 1 aromatic rings. The lowest BCUT2D eigenvalue weighted by Crippen LogP contribution is -2.27. The van der Waals surface area contributed by atoms with E-state index in [1.807, 2.05) is 12.1 Å². The highest BCUT2D eigenvalue weighted by Gasteiger charge is 2.04. The maximum absolute atomic E-state index is 11.6. The van der Waals surface area contributed by atoms with Gasteiger partial charge in [-0.15, -0.1) is 0 Å². The first-order chi connectivity index (χ1) is 7.74. The minimum Gasteiger partial charge on any atom is -0.380 e. The molecule has 0 radical (unpaired) electrons. The zero-order chi connectivity index (χ0) is 11.8. The van der Waals surface area contributed by atoms with Crippen LogP contribution in [0, 0.1) is 0 Å². The average Bonchev–Trinajstić information content (AvgIpc) is 2.28. The van der Waals surface area contributed by atoms with Gasteiger partial charge in [-0.25, -0.2) is 0 Å². The minimum absolute atomic E-state index is 0.0681. The Bertz CT molecular complexity index is 342. The summed E-state index contributed by atoms with van der Waals surface area (Å²) in [5, 5.41) is 2.80. The summed E-state index contributed by atoms with van der Waals surface area (Å²) in [4.78, 5) is 11.6. The quantitative estimate of drug-likeness (QED) is 0.816. The molecule has 0 aromatic heterocycles. The maximum Gasteiger partial charge on any atom is 0.251 e. The molecule has 0 bridgehead atoms. The average molecular weight is 286 g/mol. The summed E-state index contributed by atoms with van der Waals surface area (Å²) in [5.74, 6) is -0.0681. The lowest BCUT2D eigenvalue weighted by molar-refractivity contribution is 0.0915. The molecule has 0 atom stereocenters. The van der Waals surface area contributed by atoms with Crippen molar-refractivity contribution in [3.05, 3.63) is 34.3 Å². The van der Waals surface area contributed by atoms with Crippen LogP contribution in [-0.4, -0.2) is 25.7 Å². The van der Waals surface area contributed by atoms with Crippen LogP contribution in [0.4, 0.5) is 0 Å². The Morgan fingerprint density at radius 3 is 2.94 bits per heavy atom. The topological polar surface area (TPSA) is 38.3 Å². The largest absolute Gasteiger partial charge is 0.380 e. The second-order valence-corrected chi connectivity index (χ2v) is 4.29. The Hall–Kier alpha value is -0.870. The van der Waals surface area contributed by atoms with Crippen LogP contribution >= 0.6 is 15.9 Å². The Labute approximate surface area is 104 Å². The van der Waals surface area contributed by atoms with Gasteiger partial charge in [-0.2, -0.15) is 0 Å². The molecule has 0 aliphatic heterocycles. The van der Waals surface area contributed by atoms with E-state index in [0.717, 1.165) is 17.5 Å². The number of benzene rings is 1. The molecule has 88 valence electrons. The van der Waals surface area contributed by atoms with Gasteiger partial charge >= 0.3 is 0 Å². The molecule has 3 nitrogen and oxygen atoms in total. The van der Waals surface area contributed by atoms with Crippen molar-refractivity contribution >= 4 is 21.8 Å². The van der Waals surface area contributed by atoms with E-state index in [0.29, 0.717) is 18.7 Å². The fraction of sp³-hybridized carbons (Fsp3) is 0.417. The van der Waals surface area contributed by atoms with E-state index in [1.165, 1.54) is 0 Å². The third-order valence-corrected chi connectivity index (χ3v) is 2.46. The molecule has 4 heteroatoms. The van der Waals surface area contributed by atoms with Crippen LogP contribution in [0.3, 0.4) is 0 Å². The molecule has 0 fully saturated rings. The predicted molar refractivity (Wildman–Crippen MR) is 67.6 cm³/mol. The molecular weight excluding hydrogens is 270 g/mol. The molecule has 0 heterocycles. The summed E-state index contributed by atoms with van der Waals surface area (Å²) in [6.07, 6.45) is 1.000. The Morgan fingerprint density at radius 2 is 2.25 bits per heavy atom. The van der Waals surface area contributed by atoms with Crippen molar-refractivity contribution in [2.75, 3.05) is 19.8 Å². The summed E-state index contributed by atoms with van der Waals surface area (Å²) in [6.45, 7) is 3.91. The van der Waals surface area contributed by atoms with E-state index in [4.69, 9.17) is 4.74 Å². The van der Waals surface area contributed by atoms with Gasteiger partial charge in [-0.1, -0.05) is 28.9 Å². The van der Waals surface area contributed by atoms with Gasteiger partial charge < -0.3 is 10.1 Å². The number of amides is 1. The van der Waals surface area contributed by atoms with Gasteiger partial charge in [0.2, 0.25) is 0 Å². The number of halogens is 1. The van der Waals surface area contributed by atoms with Gasteiger partial charge in [-0.05, 0) is 24.6 Å². The first-order valence-electron chi connectivity index (χ1n) is 5.35.